The summed E-state index contributed by atoms with van der Waals surface area (Å²) in [4.78, 5) is 35.5. The highest BCUT2D eigenvalue weighted by Gasteiger charge is 2.32. The molecule has 10 heteroatoms. The van der Waals surface area contributed by atoms with Gasteiger partial charge in [0.25, 0.3) is 5.91 Å². The van der Waals surface area contributed by atoms with E-state index in [-0.39, 0.29) is 28.9 Å². The van der Waals surface area contributed by atoms with E-state index >= 15 is 0 Å². The number of hydrogen-bond donors (Lipinski definition) is 2. The number of aromatic hydroxyl groups is 1. The van der Waals surface area contributed by atoms with Gasteiger partial charge in [-0.15, -0.1) is 0 Å². The molecular weight excluding hydrogens is 448 g/mol. The summed E-state index contributed by atoms with van der Waals surface area (Å²) >= 11 is 0. The number of imidazole rings is 1. The Morgan fingerprint density at radius 1 is 1.11 bits per heavy atom. The van der Waals surface area contributed by atoms with Crippen LogP contribution in [0.2, 0.25) is 0 Å². The first-order valence-corrected chi connectivity index (χ1v) is 11.0. The van der Waals surface area contributed by atoms with Crippen molar-refractivity contribution in [2.75, 3.05) is 18.8 Å². The summed E-state index contributed by atoms with van der Waals surface area (Å²) in [6.07, 6.45) is 0.532. The van der Waals surface area contributed by atoms with Crippen molar-refractivity contribution in [3.63, 3.8) is 0 Å². The Balaban J connectivity index is 1.57. The zero-order valence-corrected chi connectivity index (χ0v) is 18.9. The van der Waals surface area contributed by atoms with Gasteiger partial charge in [0.1, 0.15) is 17.0 Å². The number of benzene rings is 2. The molecule has 1 amide bonds. The van der Waals surface area contributed by atoms with Gasteiger partial charge in [-0.2, -0.15) is 9.97 Å². The Morgan fingerprint density at radius 2 is 1.83 bits per heavy atom. The minimum Gasteiger partial charge on any atom is -0.479 e. The van der Waals surface area contributed by atoms with Crippen LogP contribution in [0.1, 0.15) is 19.4 Å². The average molecular weight is 470 g/mol. The smallest absolute Gasteiger partial charge is 0.335 e. The van der Waals surface area contributed by atoms with Gasteiger partial charge in [-0.1, -0.05) is 24.1 Å². The summed E-state index contributed by atoms with van der Waals surface area (Å²) in [7, 11) is 0. The fourth-order valence-electron chi connectivity index (χ4n) is 4.30. The lowest BCUT2D eigenvalue weighted by molar-refractivity contribution is -0.124. The molecule has 2 aromatic heterocycles. The summed E-state index contributed by atoms with van der Waals surface area (Å²) < 4.78 is 8.72. The molecule has 1 atom stereocenters. The van der Waals surface area contributed by atoms with Crippen LogP contribution in [-0.4, -0.2) is 48.1 Å². The Bertz CT molecular complexity index is 1530. The third-order valence-electron chi connectivity index (χ3n) is 5.85. The van der Waals surface area contributed by atoms with Crippen molar-refractivity contribution < 1.29 is 14.6 Å². The van der Waals surface area contributed by atoms with Gasteiger partial charge >= 0.3 is 11.7 Å². The molecule has 35 heavy (non-hydrogen) atoms. The highest BCUT2D eigenvalue weighted by molar-refractivity contribution is 5.93. The molecule has 3 heterocycles. The summed E-state index contributed by atoms with van der Waals surface area (Å²) in [5, 5.41) is 10.0. The van der Waals surface area contributed by atoms with E-state index in [0.717, 1.165) is 0 Å². The predicted molar refractivity (Wildman–Crippen MR) is 129 cm³/mol. The van der Waals surface area contributed by atoms with Crippen molar-refractivity contribution in [3.05, 3.63) is 65.1 Å². The second kappa shape index (κ2) is 8.87. The highest BCUT2D eigenvalue weighted by atomic mass is 16.5. The average Bonchev–Trinajstić information content (AvgIpc) is 3.43. The second-order valence-corrected chi connectivity index (χ2v) is 8.05. The van der Waals surface area contributed by atoms with Crippen LogP contribution in [0, 0.1) is 11.8 Å². The van der Waals surface area contributed by atoms with Gasteiger partial charge in [-0.25, -0.2) is 4.79 Å². The zero-order valence-electron chi connectivity index (χ0n) is 18.9. The summed E-state index contributed by atoms with van der Waals surface area (Å²) in [5.41, 5.74) is 6.74. The third kappa shape index (κ3) is 4.04. The van der Waals surface area contributed by atoms with Crippen LogP contribution in [0.15, 0.2) is 59.4 Å². The normalized spacial score (nSPS) is 15.1. The lowest BCUT2D eigenvalue weighted by Gasteiger charge is -2.14. The number of carbonyl (C=O) groups is 1. The molecule has 5 rings (SSSR count). The number of carbonyl (C=O) groups excluding carboxylic acids is 1. The molecule has 1 fully saturated rings. The number of nitrogens with two attached hydrogens (primary N) is 1. The number of hydrogen-bond acceptors (Lipinski definition) is 7. The minimum atomic E-state index is -0.532. The van der Waals surface area contributed by atoms with E-state index in [1.165, 1.54) is 9.13 Å². The number of amides is 1. The zero-order chi connectivity index (χ0) is 24.5. The molecule has 1 saturated heterocycles. The molecule has 176 valence electrons. The molecule has 0 bridgehead atoms. The van der Waals surface area contributed by atoms with Crippen LogP contribution >= 0.6 is 0 Å². The summed E-state index contributed by atoms with van der Waals surface area (Å²) in [5.74, 6) is 6.10. The Kier molecular flexibility index (Phi) is 5.58. The van der Waals surface area contributed by atoms with E-state index in [4.69, 9.17) is 10.5 Å². The van der Waals surface area contributed by atoms with Gasteiger partial charge in [-0.3, -0.25) is 13.9 Å². The summed E-state index contributed by atoms with van der Waals surface area (Å²) in [6.45, 7) is 2.35. The molecule has 10 nitrogen and oxygen atoms in total. The second-order valence-electron chi connectivity index (χ2n) is 8.05. The standard InChI is InChI=1S/C25H22N6O4/c1-2-6-20(32)29-14-13-17(15-29)31-23-21(22(26)27-24(33)28-23)30(25(31)34)16-9-11-19(12-10-16)35-18-7-4-3-5-8-18/h3-5,7-12,17H,13-15H2,1H3,(H3,26,27,28,33)/t17-/m1/s1. The number of anilines is 1. The molecule has 1 aliphatic heterocycles. The highest BCUT2D eigenvalue weighted by Crippen LogP contribution is 2.30. The van der Waals surface area contributed by atoms with Crippen molar-refractivity contribution in [2.45, 2.75) is 19.4 Å². The number of rotatable bonds is 4. The van der Waals surface area contributed by atoms with E-state index in [1.807, 2.05) is 30.3 Å². The van der Waals surface area contributed by atoms with Crippen LogP contribution in [0.3, 0.4) is 0 Å². The Hall–Kier alpha value is -4.78. The van der Waals surface area contributed by atoms with Crippen LogP contribution in [-0.2, 0) is 4.79 Å². The number of para-hydroxylation sites is 1. The topological polar surface area (TPSA) is 128 Å². The van der Waals surface area contributed by atoms with E-state index in [9.17, 15) is 14.7 Å². The Labute approximate surface area is 200 Å². The molecule has 1 aliphatic rings. The molecule has 2 aromatic carbocycles. The lowest BCUT2D eigenvalue weighted by atomic mass is 10.2. The molecule has 0 aliphatic carbocycles. The van der Waals surface area contributed by atoms with E-state index in [2.05, 4.69) is 21.8 Å². The molecule has 3 N–H and O–H groups in total. The molecule has 0 spiro atoms. The van der Waals surface area contributed by atoms with Crippen molar-refractivity contribution >= 4 is 22.9 Å². The monoisotopic (exact) mass is 470 g/mol. The summed E-state index contributed by atoms with van der Waals surface area (Å²) in [6, 6.07) is 15.4. The maximum Gasteiger partial charge on any atom is 0.335 e. The molecule has 0 unspecified atom stereocenters. The van der Waals surface area contributed by atoms with Crippen LogP contribution in [0.4, 0.5) is 5.82 Å². The van der Waals surface area contributed by atoms with Crippen LogP contribution in [0.25, 0.3) is 16.9 Å². The first-order valence-electron chi connectivity index (χ1n) is 11.0. The largest absolute Gasteiger partial charge is 0.479 e. The molecule has 0 radical (unpaired) electrons. The molecule has 4 aromatic rings. The molecule has 0 saturated carbocycles. The lowest BCUT2D eigenvalue weighted by Crippen LogP contribution is -2.31. The van der Waals surface area contributed by atoms with Crippen molar-refractivity contribution in [1.29, 1.82) is 0 Å². The number of ether oxygens (including phenoxy) is 1. The number of fused-ring (bicyclic) bond motifs is 1. The van der Waals surface area contributed by atoms with E-state index < -0.39 is 11.7 Å². The van der Waals surface area contributed by atoms with Crippen molar-refractivity contribution in [2.24, 2.45) is 0 Å². The SMILES string of the molecule is CC#CC(=O)N1CC[C@@H](n2c(=O)n(-c3ccc(Oc4ccccc4)cc3)c3c(N)nc(O)nc32)C1. The van der Waals surface area contributed by atoms with E-state index in [0.29, 0.717) is 36.7 Å². The van der Waals surface area contributed by atoms with Crippen molar-refractivity contribution in [1.82, 2.24) is 24.0 Å². The quantitative estimate of drug-likeness (QED) is 0.439. The first kappa shape index (κ1) is 22.0. The minimum absolute atomic E-state index is 0.0317. The Morgan fingerprint density at radius 3 is 2.54 bits per heavy atom. The fourth-order valence-corrected chi connectivity index (χ4v) is 4.30. The van der Waals surface area contributed by atoms with Gasteiger partial charge in [0.2, 0.25) is 0 Å². The van der Waals surface area contributed by atoms with Gasteiger partial charge in [0.15, 0.2) is 11.5 Å². The van der Waals surface area contributed by atoms with Gasteiger partial charge < -0.3 is 20.5 Å². The number of likely N-dealkylation sites (tertiary alicyclic amines) is 1. The van der Waals surface area contributed by atoms with Crippen LogP contribution in [0.5, 0.6) is 17.5 Å². The third-order valence-corrected chi connectivity index (χ3v) is 5.85. The number of nitrogen functional groups attached to an aromatic ring is 1. The predicted octanol–water partition coefficient (Wildman–Crippen LogP) is 2.46. The van der Waals surface area contributed by atoms with E-state index in [1.54, 1.807) is 36.1 Å². The first-order chi connectivity index (χ1) is 17.0. The number of aromatic nitrogens is 4. The van der Waals surface area contributed by atoms with Crippen molar-refractivity contribution in [3.8, 4) is 35.0 Å². The fraction of sp³-hybridized carbons (Fsp3) is 0.200. The van der Waals surface area contributed by atoms with Gasteiger partial charge in [-0.05, 0) is 55.7 Å². The maximum atomic E-state index is 13.7. The molecular formula is C25H22N6O4. The van der Waals surface area contributed by atoms with Gasteiger partial charge in [0.05, 0.1) is 11.7 Å². The van der Waals surface area contributed by atoms with Gasteiger partial charge in [0, 0.05) is 13.1 Å². The maximum absolute atomic E-state index is 13.7. The van der Waals surface area contributed by atoms with Crippen LogP contribution < -0.4 is 16.2 Å². The number of nitrogens with zero attached hydrogens (tertiary/aromatic N) is 5.